The Morgan fingerprint density at radius 2 is 1.96 bits per heavy atom. The van der Waals surface area contributed by atoms with Crippen molar-refractivity contribution in [2.24, 2.45) is 0 Å². The minimum absolute atomic E-state index is 0.136. The van der Waals surface area contributed by atoms with Gasteiger partial charge in [0.25, 0.3) is 0 Å². The van der Waals surface area contributed by atoms with Crippen molar-refractivity contribution >= 4 is 0 Å². The first kappa shape index (κ1) is 19.3. The number of ether oxygens (including phenoxy) is 5. The Morgan fingerprint density at radius 1 is 1.23 bits per heavy atom. The molecule has 5 atom stereocenters. The quantitative estimate of drug-likeness (QED) is 0.751. The van der Waals surface area contributed by atoms with E-state index >= 15 is 0 Å². The summed E-state index contributed by atoms with van der Waals surface area (Å²) in [6.07, 6.45) is -1.20. The monoisotopic (exact) mass is 364 g/mol. The van der Waals surface area contributed by atoms with Gasteiger partial charge in [-0.1, -0.05) is 30.3 Å². The van der Waals surface area contributed by atoms with Crippen LogP contribution in [-0.2, 0) is 30.3 Å². The van der Waals surface area contributed by atoms with Gasteiger partial charge in [0.05, 0.1) is 19.5 Å². The summed E-state index contributed by atoms with van der Waals surface area (Å²) in [6, 6.07) is 9.82. The van der Waals surface area contributed by atoms with Gasteiger partial charge in [0.15, 0.2) is 24.3 Å². The van der Waals surface area contributed by atoms with Gasteiger partial charge >= 0.3 is 0 Å². The minimum atomic E-state index is -0.852. The Bertz CT molecular complexity index is 610. The third-order valence-electron chi connectivity index (χ3n) is 4.27. The summed E-state index contributed by atoms with van der Waals surface area (Å²) in [4.78, 5) is 0. The van der Waals surface area contributed by atoms with Crippen LogP contribution in [0.15, 0.2) is 42.2 Å². The van der Waals surface area contributed by atoms with Crippen LogP contribution >= 0.6 is 0 Å². The molecule has 0 radical (unpaired) electrons. The highest BCUT2D eigenvalue weighted by Crippen LogP contribution is 2.39. The van der Waals surface area contributed by atoms with Crippen molar-refractivity contribution in [2.75, 3.05) is 6.61 Å². The fraction of sp³-hybridized carbons (Fsp3) is 0.600. The van der Waals surface area contributed by atoms with Crippen molar-refractivity contribution < 1.29 is 28.8 Å². The maximum absolute atomic E-state index is 10.6. The van der Waals surface area contributed by atoms with Crippen LogP contribution in [0.25, 0.3) is 0 Å². The molecular weight excluding hydrogens is 336 g/mol. The number of aliphatic hydroxyl groups is 1. The molecule has 1 N–H and O–H groups in total. The van der Waals surface area contributed by atoms with E-state index in [2.05, 4.69) is 0 Å². The second-order valence-corrected chi connectivity index (χ2v) is 7.43. The zero-order chi connectivity index (χ0) is 18.7. The van der Waals surface area contributed by atoms with Crippen molar-refractivity contribution in [3.63, 3.8) is 0 Å². The van der Waals surface area contributed by atoms with Gasteiger partial charge in [-0.25, -0.2) is 0 Å². The molecule has 0 spiro atoms. The van der Waals surface area contributed by atoms with E-state index in [-0.39, 0.29) is 6.61 Å². The van der Waals surface area contributed by atoms with E-state index in [9.17, 15) is 5.11 Å². The van der Waals surface area contributed by atoms with Gasteiger partial charge in [0.2, 0.25) is 0 Å². The molecule has 2 heterocycles. The number of benzene rings is 1. The lowest BCUT2D eigenvalue weighted by Crippen LogP contribution is -2.43. The molecule has 0 aromatic heterocycles. The van der Waals surface area contributed by atoms with Crippen molar-refractivity contribution in [1.29, 1.82) is 0 Å². The smallest absolute Gasteiger partial charge is 0.191 e. The topological polar surface area (TPSA) is 66.4 Å². The van der Waals surface area contributed by atoms with Crippen LogP contribution in [0.3, 0.4) is 0 Å². The Kier molecular flexibility index (Phi) is 5.99. The van der Waals surface area contributed by atoms with Gasteiger partial charge < -0.3 is 28.8 Å². The number of rotatable bonds is 7. The largest absolute Gasteiger partial charge is 0.492 e. The van der Waals surface area contributed by atoms with Crippen LogP contribution < -0.4 is 0 Å². The molecule has 0 saturated carbocycles. The highest BCUT2D eigenvalue weighted by atomic mass is 16.8. The zero-order valence-corrected chi connectivity index (χ0v) is 15.8. The molecule has 0 bridgehead atoms. The molecule has 2 fully saturated rings. The molecule has 6 nitrogen and oxygen atoms in total. The second-order valence-electron chi connectivity index (χ2n) is 7.43. The summed E-state index contributed by atoms with van der Waals surface area (Å²) in [6.45, 7) is 8.12. The normalized spacial score (nSPS) is 30.7. The minimum Gasteiger partial charge on any atom is -0.492 e. The van der Waals surface area contributed by atoms with Crippen molar-refractivity contribution in [3.8, 4) is 0 Å². The molecule has 0 amide bonds. The SMILES string of the molecule is CC(C)=CO[C@@H]1[C@H]2OC(C)(C)O[C@H]2O[C@@H]1[C@H](O)COCc1ccccc1. The Labute approximate surface area is 154 Å². The van der Waals surface area contributed by atoms with Crippen molar-refractivity contribution in [1.82, 2.24) is 0 Å². The van der Waals surface area contributed by atoms with E-state index < -0.39 is 36.5 Å². The number of aliphatic hydroxyl groups excluding tert-OH is 1. The van der Waals surface area contributed by atoms with E-state index in [1.54, 1.807) is 6.26 Å². The van der Waals surface area contributed by atoms with Crippen LogP contribution in [0.5, 0.6) is 0 Å². The fourth-order valence-electron chi connectivity index (χ4n) is 3.15. The highest BCUT2D eigenvalue weighted by Gasteiger charge is 2.57. The molecule has 0 unspecified atom stereocenters. The van der Waals surface area contributed by atoms with Gasteiger partial charge in [-0.05, 0) is 38.8 Å². The maximum Gasteiger partial charge on any atom is 0.191 e. The predicted molar refractivity (Wildman–Crippen MR) is 95.1 cm³/mol. The molecular formula is C20H28O6. The summed E-state index contributed by atoms with van der Waals surface area (Å²) in [5.74, 6) is -0.734. The van der Waals surface area contributed by atoms with Crippen LogP contribution in [0.1, 0.15) is 33.3 Å². The van der Waals surface area contributed by atoms with Crippen LogP contribution in [0.2, 0.25) is 0 Å². The zero-order valence-electron chi connectivity index (χ0n) is 15.8. The summed E-state index contributed by atoms with van der Waals surface area (Å²) < 4.78 is 29.1. The third-order valence-corrected chi connectivity index (χ3v) is 4.27. The Hall–Kier alpha value is -1.44. The van der Waals surface area contributed by atoms with Crippen LogP contribution in [0, 0.1) is 0 Å². The lowest BCUT2D eigenvalue weighted by Gasteiger charge is -2.28. The van der Waals surface area contributed by atoms with Gasteiger partial charge in [0, 0.05) is 0 Å². The standard InChI is InChI=1S/C20H28O6/c1-13(2)10-23-17-16(24-19-18(17)25-20(3,4)26-19)15(21)12-22-11-14-8-6-5-7-9-14/h5-10,15-19,21H,11-12H2,1-4H3/t15-,16-,17+,18-,19-/m1/s1. The maximum atomic E-state index is 10.6. The molecule has 3 rings (SSSR count). The van der Waals surface area contributed by atoms with Crippen LogP contribution in [-0.4, -0.2) is 48.2 Å². The molecule has 0 aliphatic carbocycles. The van der Waals surface area contributed by atoms with E-state index in [4.69, 9.17) is 23.7 Å². The summed E-state index contributed by atoms with van der Waals surface area (Å²) in [5, 5.41) is 10.6. The number of hydrogen-bond donors (Lipinski definition) is 1. The molecule has 1 aromatic rings. The first-order valence-electron chi connectivity index (χ1n) is 8.95. The average molecular weight is 364 g/mol. The van der Waals surface area contributed by atoms with E-state index in [0.29, 0.717) is 6.61 Å². The highest BCUT2D eigenvalue weighted by molar-refractivity contribution is 5.13. The predicted octanol–water partition coefficient (Wildman–Crippen LogP) is 2.75. The van der Waals surface area contributed by atoms with Gasteiger partial charge in [-0.3, -0.25) is 0 Å². The Morgan fingerprint density at radius 3 is 2.65 bits per heavy atom. The van der Waals surface area contributed by atoms with E-state index in [0.717, 1.165) is 11.1 Å². The molecule has 2 aliphatic rings. The molecule has 26 heavy (non-hydrogen) atoms. The number of fused-ring (bicyclic) bond motifs is 1. The molecule has 144 valence electrons. The number of allylic oxidation sites excluding steroid dienone is 1. The second kappa shape index (κ2) is 8.06. The Balaban J connectivity index is 1.60. The molecule has 2 aliphatic heterocycles. The first-order chi connectivity index (χ1) is 12.4. The van der Waals surface area contributed by atoms with Gasteiger partial charge in [-0.2, -0.15) is 0 Å². The summed E-state index contributed by atoms with van der Waals surface area (Å²) >= 11 is 0. The first-order valence-corrected chi connectivity index (χ1v) is 8.95. The van der Waals surface area contributed by atoms with Gasteiger partial charge in [-0.15, -0.1) is 0 Å². The van der Waals surface area contributed by atoms with Crippen molar-refractivity contribution in [2.45, 2.75) is 70.8 Å². The fourth-order valence-corrected chi connectivity index (χ4v) is 3.15. The average Bonchev–Trinajstić information content (AvgIpc) is 3.05. The third kappa shape index (κ3) is 4.64. The van der Waals surface area contributed by atoms with Crippen LogP contribution in [0.4, 0.5) is 0 Å². The van der Waals surface area contributed by atoms with Crippen molar-refractivity contribution in [3.05, 3.63) is 47.7 Å². The lowest BCUT2D eigenvalue weighted by molar-refractivity contribution is -0.229. The molecule has 1 aromatic carbocycles. The number of hydrogen-bond acceptors (Lipinski definition) is 6. The molecule has 6 heteroatoms. The van der Waals surface area contributed by atoms with Gasteiger partial charge in [0.1, 0.15) is 12.2 Å². The van der Waals surface area contributed by atoms with E-state index in [1.807, 2.05) is 58.0 Å². The van der Waals surface area contributed by atoms with E-state index in [1.165, 1.54) is 0 Å². The summed E-state index contributed by atoms with van der Waals surface area (Å²) in [5.41, 5.74) is 2.06. The molecule has 2 saturated heterocycles. The lowest BCUT2D eigenvalue weighted by atomic mass is 10.1. The summed E-state index contributed by atoms with van der Waals surface area (Å²) in [7, 11) is 0.